The fourth-order valence-electron chi connectivity index (χ4n) is 3.64. The number of carbonyl (C=O) groups excluding carboxylic acids is 1. The van der Waals surface area contributed by atoms with E-state index in [1.54, 1.807) is 20.4 Å². The summed E-state index contributed by atoms with van der Waals surface area (Å²) in [5.74, 6) is 1.33. The number of amides is 2. The second-order valence-corrected chi connectivity index (χ2v) is 6.95. The smallest absolute Gasteiger partial charge is 0.316 e. The van der Waals surface area contributed by atoms with Gasteiger partial charge in [-0.25, -0.2) is 4.79 Å². The predicted molar refractivity (Wildman–Crippen MR) is 115 cm³/mol. The van der Waals surface area contributed by atoms with Crippen LogP contribution in [0.5, 0.6) is 11.5 Å². The van der Waals surface area contributed by atoms with Crippen LogP contribution in [0.2, 0.25) is 0 Å². The Morgan fingerprint density at radius 3 is 2.34 bits per heavy atom. The van der Waals surface area contributed by atoms with Crippen LogP contribution in [-0.2, 0) is 0 Å². The van der Waals surface area contributed by atoms with Gasteiger partial charge in [-0.2, -0.15) is 0 Å². The number of allylic oxidation sites excluding steroid dienone is 2. The molecule has 3 N–H and O–H groups in total. The van der Waals surface area contributed by atoms with E-state index in [4.69, 9.17) is 15.2 Å². The Kier molecular flexibility index (Phi) is 4.62. The molecule has 1 aromatic heterocycles. The predicted octanol–water partition coefficient (Wildman–Crippen LogP) is 4.49. The number of hydrogen-bond acceptors (Lipinski definition) is 4. The summed E-state index contributed by atoms with van der Waals surface area (Å²) in [6, 6.07) is 9.20. The summed E-state index contributed by atoms with van der Waals surface area (Å²) in [4.78, 5) is 15.7. The van der Waals surface area contributed by atoms with E-state index in [2.05, 4.69) is 16.7 Å². The van der Waals surface area contributed by atoms with E-state index in [1.165, 1.54) is 11.1 Å². The Morgan fingerprint density at radius 1 is 0.966 bits per heavy atom. The molecule has 6 heteroatoms. The van der Waals surface area contributed by atoms with E-state index >= 15 is 0 Å². The van der Waals surface area contributed by atoms with Crippen molar-refractivity contribution in [3.05, 3.63) is 65.2 Å². The Hall–Kier alpha value is -3.54. The average Bonchev–Trinajstić information content (AvgIpc) is 3.50. The van der Waals surface area contributed by atoms with Crippen molar-refractivity contribution in [2.75, 3.05) is 19.5 Å². The van der Waals surface area contributed by atoms with E-state index in [0.29, 0.717) is 11.5 Å². The fourth-order valence-corrected chi connectivity index (χ4v) is 3.64. The summed E-state index contributed by atoms with van der Waals surface area (Å²) in [5.41, 5.74) is 13.5. The number of aromatic nitrogens is 1. The molecule has 3 aromatic rings. The molecule has 0 bridgehead atoms. The number of ether oxygens (including phenoxy) is 2. The number of methoxy groups -OCH3 is 2. The number of fused-ring (bicyclic) bond motifs is 1. The van der Waals surface area contributed by atoms with Gasteiger partial charge in [0, 0.05) is 29.8 Å². The van der Waals surface area contributed by atoms with Crippen LogP contribution in [-0.4, -0.2) is 25.2 Å². The quantitative estimate of drug-likeness (QED) is 0.674. The number of benzene rings is 2. The van der Waals surface area contributed by atoms with E-state index in [9.17, 15) is 4.79 Å². The summed E-state index contributed by atoms with van der Waals surface area (Å²) in [6.45, 7) is 4.03. The van der Waals surface area contributed by atoms with Gasteiger partial charge in [0.2, 0.25) is 0 Å². The largest absolute Gasteiger partial charge is 0.493 e. The van der Waals surface area contributed by atoms with Gasteiger partial charge in [-0.15, -0.1) is 0 Å². The lowest BCUT2D eigenvalue weighted by Crippen LogP contribution is -2.20. The van der Waals surface area contributed by atoms with Gasteiger partial charge < -0.3 is 20.5 Å². The molecule has 1 aliphatic carbocycles. The van der Waals surface area contributed by atoms with Crippen LogP contribution >= 0.6 is 0 Å². The van der Waals surface area contributed by atoms with Gasteiger partial charge in [-0.1, -0.05) is 6.07 Å². The van der Waals surface area contributed by atoms with Crippen molar-refractivity contribution in [3.63, 3.8) is 0 Å². The van der Waals surface area contributed by atoms with Crippen molar-refractivity contribution in [2.45, 2.75) is 13.8 Å². The second-order valence-electron chi connectivity index (χ2n) is 6.95. The summed E-state index contributed by atoms with van der Waals surface area (Å²) >= 11 is 0. The van der Waals surface area contributed by atoms with Crippen LogP contribution in [0.1, 0.15) is 22.3 Å². The lowest BCUT2D eigenvalue weighted by molar-refractivity contribution is 0.259. The third kappa shape index (κ3) is 3.27. The van der Waals surface area contributed by atoms with Crippen molar-refractivity contribution < 1.29 is 14.3 Å². The van der Waals surface area contributed by atoms with Gasteiger partial charge in [0.05, 0.1) is 19.7 Å². The van der Waals surface area contributed by atoms with Crippen LogP contribution in [0.15, 0.2) is 36.5 Å². The molecule has 0 saturated heterocycles. The Morgan fingerprint density at radius 2 is 1.66 bits per heavy atom. The monoisotopic (exact) mass is 388 g/mol. The maximum absolute atomic E-state index is 11.2. The number of hydrogen-bond donors (Lipinski definition) is 2. The van der Waals surface area contributed by atoms with Gasteiger partial charge in [-0.05, 0) is 65.4 Å². The number of nitrogens with zero attached hydrogens (tertiary/aromatic N) is 1. The van der Waals surface area contributed by atoms with Crippen molar-refractivity contribution in [3.8, 4) is 11.5 Å². The highest BCUT2D eigenvalue weighted by molar-refractivity contribution is 6.21. The fraction of sp³-hybridized carbons (Fsp3) is 0.174. The normalized spacial score (nSPS) is 12.8. The molecule has 1 radical (unpaired) electrons. The molecule has 0 spiro atoms. The first-order valence-corrected chi connectivity index (χ1v) is 9.21. The lowest BCUT2D eigenvalue weighted by Gasteiger charge is -2.12. The Labute approximate surface area is 169 Å². The first-order valence-electron chi connectivity index (χ1n) is 9.21. The number of carbonyl (C=O) groups is 1. The van der Waals surface area contributed by atoms with E-state index in [-0.39, 0.29) is 0 Å². The summed E-state index contributed by atoms with van der Waals surface area (Å²) in [5, 5.41) is 3.68. The third-order valence-electron chi connectivity index (χ3n) is 5.37. The Bertz CT molecular complexity index is 1180. The number of pyridine rings is 1. The first kappa shape index (κ1) is 18.8. The average molecular weight is 388 g/mol. The number of nitrogens with one attached hydrogen (secondary N) is 1. The van der Waals surface area contributed by atoms with Crippen LogP contribution in [0, 0.1) is 20.3 Å². The Balaban J connectivity index is 1.80. The number of rotatable bonds is 5. The minimum Gasteiger partial charge on any atom is -0.493 e. The molecule has 147 valence electrons. The van der Waals surface area contributed by atoms with Crippen molar-refractivity contribution in [2.24, 2.45) is 5.73 Å². The second kappa shape index (κ2) is 7.13. The van der Waals surface area contributed by atoms with Crippen LogP contribution < -0.4 is 20.5 Å². The molecule has 0 unspecified atom stereocenters. The van der Waals surface area contributed by atoms with Gasteiger partial charge in [0.1, 0.15) is 0 Å². The molecular formula is C23H22N3O3. The van der Waals surface area contributed by atoms with E-state index < -0.39 is 6.03 Å². The maximum atomic E-state index is 11.2. The number of primary amides is 1. The molecule has 6 nitrogen and oxygen atoms in total. The minimum absolute atomic E-state index is 0.564. The molecule has 0 aliphatic heterocycles. The van der Waals surface area contributed by atoms with Gasteiger partial charge >= 0.3 is 6.03 Å². The number of urea groups is 1. The zero-order valence-corrected chi connectivity index (χ0v) is 16.8. The molecule has 0 saturated carbocycles. The molecule has 1 aliphatic rings. The third-order valence-corrected chi connectivity index (χ3v) is 5.37. The van der Waals surface area contributed by atoms with Crippen LogP contribution in [0.4, 0.5) is 10.5 Å². The van der Waals surface area contributed by atoms with Crippen LogP contribution in [0.25, 0.3) is 22.0 Å². The van der Waals surface area contributed by atoms with E-state index in [0.717, 1.165) is 38.8 Å². The SMILES string of the molecule is COc1cc2nccc(C3=C(c4ccc(NC(N)=O)c(C)c4C)[CH]3)c2cc1OC. The highest BCUT2D eigenvalue weighted by Gasteiger charge is 2.28. The van der Waals surface area contributed by atoms with Gasteiger partial charge in [-0.3, -0.25) is 4.98 Å². The van der Waals surface area contributed by atoms with Crippen molar-refractivity contribution >= 4 is 33.8 Å². The van der Waals surface area contributed by atoms with Crippen molar-refractivity contribution in [1.29, 1.82) is 0 Å². The highest BCUT2D eigenvalue weighted by atomic mass is 16.5. The first-order chi connectivity index (χ1) is 13.9. The topological polar surface area (TPSA) is 86.5 Å². The number of nitrogens with two attached hydrogens (primary N) is 1. The molecule has 2 aromatic carbocycles. The summed E-state index contributed by atoms with van der Waals surface area (Å²) in [7, 11) is 3.24. The summed E-state index contributed by atoms with van der Waals surface area (Å²) < 4.78 is 10.9. The highest BCUT2D eigenvalue weighted by Crippen LogP contribution is 2.49. The van der Waals surface area contributed by atoms with Crippen molar-refractivity contribution in [1.82, 2.24) is 4.98 Å². The van der Waals surface area contributed by atoms with Gasteiger partial charge in [0.15, 0.2) is 11.5 Å². The zero-order valence-electron chi connectivity index (χ0n) is 16.8. The maximum Gasteiger partial charge on any atom is 0.316 e. The molecule has 1 heterocycles. The molecule has 0 fully saturated rings. The molecule has 0 atom stereocenters. The zero-order chi connectivity index (χ0) is 20.7. The molecular weight excluding hydrogens is 366 g/mol. The molecule has 29 heavy (non-hydrogen) atoms. The summed E-state index contributed by atoms with van der Waals surface area (Å²) in [6.07, 6.45) is 3.97. The minimum atomic E-state index is -0.564. The molecule has 2 amide bonds. The standard InChI is InChI=1S/C23H22N3O3/c1-12-13(2)19(26-23(24)27)6-5-14(12)16-9-17(16)15-7-8-25-20-11-22(29-4)21(28-3)10-18(15)20/h5-11H,1-4H3,(H3,24,26,27). The number of anilines is 1. The van der Waals surface area contributed by atoms with E-state index in [1.807, 2.05) is 44.2 Å². The van der Waals surface area contributed by atoms with Gasteiger partial charge in [0.25, 0.3) is 0 Å². The molecule has 4 rings (SSSR count). The van der Waals surface area contributed by atoms with Crippen LogP contribution in [0.3, 0.4) is 0 Å². The lowest BCUT2D eigenvalue weighted by atomic mass is 9.99.